The predicted molar refractivity (Wildman–Crippen MR) is 126 cm³/mol. The van der Waals surface area contributed by atoms with Crippen molar-refractivity contribution in [3.05, 3.63) is 41.5 Å². The summed E-state index contributed by atoms with van der Waals surface area (Å²) in [5.74, 6) is 0.377. The molecule has 1 fully saturated rings. The molecule has 1 aromatic carbocycles. The molecule has 0 N–H and O–H groups in total. The van der Waals surface area contributed by atoms with Crippen LogP contribution in [0.4, 0.5) is 5.69 Å². The van der Waals surface area contributed by atoms with E-state index in [1.807, 2.05) is 4.90 Å². The van der Waals surface area contributed by atoms with E-state index in [1.165, 1.54) is 22.9 Å². The van der Waals surface area contributed by atoms with Crippen molar-refractivity contribution < 1.29 is 9.50 Å². The number of piperidine rings is 1. The Morgan fingerprint density at radius 1 is 1.30 bits per heavy atom. The number of nitrogens with zero attached hydrogens (tertiary/aromatic N) is 3. The van der Waals surface area contributed by atoms with Gasteiger partial charge in [-0.15, -0.1) is 0 Å². The number of benzene rings is 1. The molecule has 1 aromatic rings. The van der Waals surface area contributed by atoms with Gasteiger partial charge in [-0.1, -0.05) is 0 Å². The maximum atomic E-state index is 13.2. The van der Waals surface area contributed by atoms with E-state index in [9.17, 15) is 9.50 Å². The van der Waals surface area contributed by atoms with Crippen molar-refractivity contribution in [2.75, 3.05) is 24.5 Å². The first-order valence-electron chi connectivity index (χ1n) is 11.0. The Hall–Kier alpha value is -2.24. The number of rotatable bonds is 9. The van der Waals surface area contributed by atoms with E-state index in [4.69, 9.17) is 0 Å². The molecule has 0 radical (unpaired) electrons. The van der Waals surface area contributed by atoms with E-state index < -0.39 is 6.04 Å². The van der Waals surface area contributed by atoms with Crippen LogP contribution in [0.2, 0.25) is 0 Å². The second kappa shape index (κ2) is 11.8. The first kappa shape index (κ1) is 24.0. The first-order valence-corrected chi connectivity index (χ1v) is 11.0. The number of hydrogen-bond donors (Lipinski definition) is 0. The molecule has 1 unspecified atom stereocenters. The maximum absolute atomic E-state index is 13.2. The third kappa shape index (κ3) is 7.23. The van der Waals surface area contributed by atoms with Crippen LogP contribution in [0.3, 0.4) is 0 Å². The van der Waals surface area contributed by atoms with E-state index in [1.54, 1.807) is 0 Å². The number of anilines is 1. The molecule has 0 aromatic heterocycles. The fourth-order valence-corrected chi connectivity index (χ4v) is 3.91. The van der Waals surface area contributed by atoms with E-state index in [0.717, 1.165) is 25.9 Å². The van der Waals surface area contributed by atoms with Gasteiger partial charge in [0.15, 0.2) is 0 Å². The molecule has 2 atom stereocenters. The molecule has 6 heteroatoms. The van der Waals surface area contributed by atoms with Crippen LogP contribution in [0.15, 0.2) is 40.9 Å². The van der Waals surface area contributed by atoms with Gasteiger partial charge in [-0.25, -0.2) is 0 Å². The number of hydrogen-bond acceptors (Lipinski definition) is 4. The van der Waals surface area contributed by atoms with Crippen LogP contribution in [0.25, 0.3) is 0 Å². The average molecular weight is 409 g/mol. The molecule has 0 saturated carbocycles. The van der Waals surface area contributed by atoms with Crippen LogP contribution >= 0.6 is 0 Å². The second-order valence-corrected chi connectivity index (χ2v) is 8.93. The number of aryl methyl sites for hydroxylation is 1. The van der Waals surface area contributed by atoms with Gasteiger partial charge < -0.3 is 0 Å². The molecule has 1 heterocycles. The minimum absolute atomic E-state index is 0.0394. The summed E-state index contributed by atoms with van der Waals surface area (Å²) >= 11 is 0. The summed E-state index contributed by atoms with van der Waals surface area (Å²) in [6.07, 6.45) is 6.15. The van der Waals surface area contributed by atoms with Gasteiger partial charge in [-0.2, -0.15) is 0 Å². The molecule has 1 aliphatic rings. The van der Waals surface area contributed by atoms with Crippen LogP contribution in [0.5, 0.6) is 0 Å². The average Bonchev–Trinajstić information content (AvgIpc) is 2.71. The SMILES string of the molecule is CC(C)=CCN(c1ccc(C)cc1)C1CCCN(C(=O)[C@H](CC(C)C)N=CB=O)C1. The van der Waals surface area contributed by atoms with Crippen molar-refractivity contribution >= 4 is 24.9 Å². The van der Waals surface area contributed by atoms with E-state index in [-0.39, 0.29) is 11.9 Å². The number of carbonyl (C=O) groups excluding carboxylic acids is 1. The van der Waals surface area contributed by atoms with E-state index in [0.29, 0.717) is 26.0 Å². The van der Waals surface area contributed by atoms with Crippen molar-refractivity contribution in [3.63, 3.8) is 0 Å². The Labute approximate surface area is 182 Å². The Balaban J connectivity index is 2.21. The van der Waals surface area contributed by atoms with Crippen LogP contribution in [0.1, 0.15) is 52.5 Å². The van der Waals surface area contributed by atoms with Gasteiger partial charge in [0.2, 0.25) is 0 Å². The molecule has 0 spiro atoms. The van der Waals surface area contributed by atoms with E-state index in [2.05, 4.69) is 74.9 Å². The van der Waals surface area contributed by atoms with Gasteiger partial charge in [0, 0.05) is 0 Å². The summed E-state index contributed by atoms with van der Waals surface area (Å²) in [6, 6.07) is 8.41. The number of likely N-dealkylation sites (tertiary alicyclic amines) is 1. The van der Waals surface area contributed by atoms with Gasteiger partial charge in [0.05, 0.1) is 0 Å². The van der Waals surface area contributed by atoms with Crippen molar-refractivity contribution in [2.24, 2.45) is 10.9 Å². The zero-order valence-corrected chi connectivity index (χ0v) is 19.2. The van der Waals surface area contributed by atoms with Crippen LogP contribution in [0, 0.1) is 12.8 Å². The molecular weight excluding hydrogens is 373 g/mol. The summed E-state index contributed by atoms with van der Waals surface area (Å²) < 4.78 is 10.8. The Kier molecular flexibility index (Phi) is 9.47. The molecule has 5 nitrogen and oxygen atoms in total. The Morgan fingerprint density at radius 2 is 2.00 bits per heavy atom. The molecule has 1 amide bonds. The molecule has 0 bridgehead atoms. The van der Waals surface area contributed by atoms with Gasteiger partial charge in [0.25, 0.3) is 0 Å². The van der Waals surface area contributed by atoms with Crippen molar-refractivity contribution in [1.29, 1.82) is 0 Å². The predicted octanol–water partition coefficient (Wildman–Crippen LogP) is 4.25. The molecule has 1 saturated heterocycles. The standard InChI is InChI=1S/C24H36BN3O2/c1-18(2)12-14-28(21-10-8-20(5)9-11-21)22-7-6-13-27(16-22)24(29)23(15-19(3)4)26-17-25-30/h8-12,17,19,22-23H,6-7,13-16H2,1-5H3/t22?,23-/m0/s1. The topological polar surface area (TPSA) is 53.0 Å². The third-order valence-electron chi connectivity index (χ3n) is 5.52. The van der Waals surface area contributed by atoms with Gasteiger partial charge in [-0.3, -0.25) is 0 Å². The summed E-state index contributed by atoms with van der Waals surface area (Å²) in [7, 11) is 0.651. The fraction of sp³-hybridized carbons (Fsp3) is 0.583. The zero-order chi connectivity index (χ0) is 22.1. The summed E-state index contributed by atoms with van der Waals surface area (Å²) in [5.41, 5.74) is 3.72. The second-order valence-electron chi connectivity index (χ2n) is 8.93. The molecular formula is C24H36BN3O2. The molecule has 162 valence electrons. The zero-order valence-electron chi connectivity index (χ0n) is 19.2. The Bertz CT molecular complexity index is 754. The molecule has 1 aliphatic heterocycles. The van der Waals surface area contributed by atoms with Crippen molar-refractivity contribution in [1.82, 2.24) is 4.90 Å². The number of amides is 1. The summed E-state index contributed by atoms with van der Waals surface area (Å²) in [5, 5.41) is 0. The van der Waals surface area contributed by atoms with Crippen LogP contribution in [-0.4, -0.2) is 55.8 Å². The van der Waals surface area contributed by atoms with Crippen molar-refractivity contribution in [2.45, 2.75) is 66.0 Å². The van der Waals surface area contributed by atoms with Gasteiger partial charge in [-0.05, 0) is 6.92 Å². The number of carbonyl (C=O) groups is 1. The molecule has 2 rings (SSSR count). The first-order chi connectivity index (χ1) is 14.3. The van der Waals surface area contributed by atoms with Crippen LogP contribution < -0.4 is 4.90 Å². The number of aliphatic imine (C=N–C) groups is 1. The molecule has 30 heavy (non-hydrogen) atoms. The minimum atomic E-state index is -0.473. The molecule has 0 aliphatic carbocycles. The summed E-state index contributed by atoms with van der Waals surface area (Å²) in [4.78, 5) is 21.8. The van der Waals surface area contributed by atoms with Gasteiger partial charge >= 0.3 is 175 Å². The van der Waals surface area contributed by atoms with Crippen molar-refractivity contribution in [3.8, 4) is 0 Å². The Morgan fingerprint density at radius 3 is 2.60 bits per heavy atom. The monoisotopic (exact) mass is 409 g/mol. The third-order valence-corrected chi connectivity index (χ3v) is 5.52. The van der Waals surface area contributed by atoms with Gasteiger partial charge in [0.1, 0.15) is 0 Å². The van der Waals surface area contributed by atoms with E-state index >= 15 is 0 Å². The number of allylic oxidation sites excluding steroid dienone is 1. The quantitative estimate of drug-likeness (QED) is 0.348. The normalized spacial score (nSPS) is 17.7. The fourth-order valence-electron chi connectivity index (χ4n) is 3.91. The summed E-state index contributed by atoms with van der Waals surface area (Å²) in [6.45, 7) is 12.8. The van der Waals surface area contributed by atoms with Crippen LogP contribution in [-0.2, 0) is 9.50 Å².